The molecule has 5 heteroatoms. The normalized spacial score (nSPS) is 19.5. The van der Waals surface area contributed by atoms with Crippen LogP contribution in [0, 0.1) is 0 Å². The van der Waals surface area contributed by atoms with Gasteiger partial charge in [0.2, 0.25) is 5.91 Å². The number of para-hydroxylation sites is 1. The van der Waals surface area contributed by atoms with Crippen molar-refractivity contribution in [2.75, 3.05) is 38.6 Å². The molecule has 1 aromatic carbocycles. The molecule has 0 atom stereocenters. The first kappa shape index (κ1) is 14.9. The van der Waals surface area contributed by atoms with Crippen molar-refractivity contribution >= 4 is 17.6 Å². The van der Waals surface area contributed by atoms with E-state index < -0.39 is 5.41 Å². The average Bonchev–Trinajstić information content (AvgIpc) is 2.76. The lowest BCUT2D eigenvalue weighted by molar-refractivity contribution is -0.124. The molecule has 0 N–H and O–H groups in total. The second kappa shape index (κ2) is 5.30. The Balaban J connectivity index is 1.89. The van der Waals surface area contributed by atoms with E-state index in [9.17, 15) is 9.59 Å². The van der Waals surface area contributed by atoms with E-state index in [4.69, 9.17) is 0 Å². The number of nitrogens with zero attached hydrogens (tertiary/aromatic N) is 3. The smallest absolute Gasteiger partial charge is 0.319 e. The van der Waals surface area contributed by atoms with Crippen LogP contribution in [0.2, 0.25) is 0 Å². The minimum atomic E-state index is -0.435. The van der Waals surface area contributed by atoms with E-state index in [1.165, 1.54) is 0 Å². The lowest BCUT2D eigenvalue weighted by atomic mass is 9.73. The average molecular weight is 301 g/mol. The number of urea groups is 1. The summed E-state index contributed by atoms with van der Waals surface area (Å²) in [6.07, 6.45) is 1.41. The van der Waals surface area contributed by atoms with Gasteiger partial charge in [-0.25, -0.2) is 4.79 Å². The van der Waals surface area contributed by atoms with Crippen LogP contribution in [0.15, 0.2) is 24.3 Å². The van der Waals surface area contributed by atoms with Gasteiger partial charge in [-0.2, -0.15) is 0 Å². The van der Waals surface area contributed by atoms with Crippen LogP contribution in [0.1, 0.15) is 25.3 Å². The standard InChI is InChI=1S/C17H23N3O2/c1-4-20-14-8-6-5-7-13(14)17(15(20)21)9-11-19(12-10-17)16(22)18(2)3/h5-8H,4,9-12H2,1-3H3. The molecule has 118 valence electrons. The summed E-state index contributed by atoms with van der Waals surface area (Å²) in [5, 5.41) is 0. The maximum Gasteiger partial charge on any atom is 0.319 e. The van der Waals surface area contributed by atoms with Crippen LogP contribution in [0.4, 0.5) is 10.5 Å². The van der Waals surface area contributed by atoms with Crippen LogP contribution in [0.25, 0.3) is 0 Å². The highest BCUT2D eigenvalue weighted by atomic mass is 16.2. The first-order valence-electron chi connectivity index (χ1n) is 7.89. The summed E-state index contributed by atoms with van der Waals surface area (Å²) in [7, 11) is 3.53. The van der Waals surface area contributed by atoms with E-state index in [1.54, 1.807) is 19.0 Å². The van der Waals surface area contributed by atoms with Crippen LogP contribution in [-0.4, -0.2) is 55.5 Å². The number of benzene rings is 1. The molecule has 3 amide bonds. The van der Waals surface area contributed by atoms with Gasteiger partial charge in [-0.15, -0.1) is 0 Å². The van der Waals surface area contributed by atoms with Gasteiger partial charge in [0, 0.05) is 39.4 Å². The summed E-state index contributed by atoms with van der Waals surface area (Å²) >= 11 is 0. The van der Waals surface area contributed by atoms with Gasteiger partial charge in [-0.1, -0.05) is 18.2 Å². The molecule has 2 heterocycles. The molecule has 2 aliphatic heterocycles. The predicted molar refractivity (Wildman–Crippen MR) is 86.0 cm³/mol. The largest absolute Gasteiger partial charge is 0.331 e. The number of hydrogen-bond acceptors (Lipinski definition) is 2. The van der Waals surface area contributed by atoms with Crippen molar-refractivity contribution in [2.24, 2.45) is 0 Å². The number of carbonyl (C=O) groups excluding carboxylic acids is 2. The lowest BCUT2D eigenvalue weighted by Gasteiger charge is -2.39. The molecule has 1 saturated heterocycles. The Kier molecular flexibility index (Phi) is 3.59. The zero-order chi connectivity index (χ0) is 15.9. The van der Waals surface area contributed by atoms with Gasteiger partial charge in [-0.3, -0.25) is 4.79 Å². The highest BCUT2D eigenvalue weighted by molar-refractivity contribution is 6.08. The monoisotopic (exact) mass is 301 g/mol. The van der Waals surface area contributed by atoms with Crippen molar-refractivity contribution in [3.8, 4) is 0 Å². The SMILES string of the molecule is CCN1C(=O)C2(CCN(C(=O)N(C)C)CC2)c2ccccc21. The second-order valence-corrected chi connectivity index (χ2v) is 6.31. The molecular weight excluding hydrogens is 278 g/mol. The third kappa shape index (κ3) is 1.99. The van der Waals surface area contributed by atoms with Gasteiger partial charge >= 0.3 is 6.03 Å². The molecule has 0 saturated carbocycles. The van der Waals surface area contributed by atoms with Crippen molar-refractivity contribution in [3.05, 3.63) is 29.8 Å². The highest BCUT2D eigenvalue weighted by Crippen LogP contribution is 2.47. The molecule has 1 aromatic rings. The van der Waals surface area contributed by atoms with Gasteiger partial charge in [0.1, 0.15) is 0 Å². The molecule has 0 aliphatic carbocycles. The Morgan fingerprint density at radius 2 is 1.86 bits per heavy atom. The molecule has 3 rings (SSSR count). The van der Waals surface area contributed by atoms with Crippen molar-refractivity contribution < 1.29 is 9.59 Å². The molecule has 0 bridgehead atoms. The Morgan fingerprint density at radius 1 is 1.23 bits per heavy atom. The van der Waals surface area contributed by atoms with Gasteiger partial charge in [-0.05, 0) is 31.4 Å². The van der Waals surface area contributed by atoms with Gasteiger partial charge in [0.15, 0.2) is 0 Å². The summed E-state index contributed by atoms with van der Waals surface area (Å²) in [5.74, 6) is 0.202. The van der Waals surface area contributed by atoms with E-state index in [-0.39, 0.29) is 11.9 Å². The van der Waals surface area contributed by atoms with Crippen molar-refractivity contribution in [3.63, 3.8) is 0 Å². The molecule has 0 unspecified atom stereocenters. The first-order chi connectivity index (χ1) is 10.5. The quantitative estimate of drug-likeness (QED) is 0.797. The third-order valence-corrected chi connectivity index (χ3v) is 4.95. The number of hydrogen-bond donors (Lipinski definition) is 0. The number of fused-ring (bicyclic) bond motifs is 2. The molecule has 22 heavy (non-hydrogen) atoms. The summed E-state index contributed by atoms with van der Waals surface area (Å²) < 4.78 is 0. The number of piperidine rings is 1. The van der Waals surface area contributed by atoms with Gasteiger partial charge < -0.3 is 14.7 Å². The summed E-state index contributed by atoms with van der Waals surface area (Å²) in [4.78, 5) is 30.4. The van der Waals surface area contributed by atoms with E-state index in [0.29, 0.717) is 32.5 Å². The maximum atomic E-state index is 13.0. The number of anilines is 1. The molecule has 5 nitrogen and oxygen atoms in total. The van der Waals surface area contributed by atoms with Crippen LogP contribution in [0.5, 0.6) is 0 Å². The van der Waals surface area contributed by atoms with Crippen molar-refractivity contribution in [1.29, 1.82) is 0 Å². The third-order valence-electron chi connectivity index (χ3n) is 4.95. The molecule has 1 fully saturated rings. The highest BCUT2D eigenvalue weighted by Gasteiger charge is 2.51. The number of carbonyl (C=O) groups is 2. The number of rotatable bonds is 1. The molecular formula is C17H23N3O2. The van der Waals surface area contributed by atoms with Gasteiger partial charge in [0.05, 0.1) is 5.41 Å². The molecule has 0 radical (unpaired) electrons. The van der Waals surface area contributed by atoms with E-state index >= 15 is 0 Å². The fourth-order valence-electron chi connectivity index (χ4n) is 3.76. The topological polar surface area (TPSA) is 43.9 Å². The van der Waals surface area contributed by atoms with E-state index in [1.807, 2.05) is 34.9 Å². The minimum absolute atomic E-state index is 0.0286. The predicted octanol–water partition coefficient (Wildman–Crippen LogP) is 2.07. The van der Waals surface area contributed by atoms with Crippen molar-refractivity contribution in [1.82, 2.24) is 9.80 Å². The Labute approximate surface area is 131 Å². The fourth-order valence-corrected chi connectivity index (χ4v) is 3.76. The van der Waals surface area contributed by atoms with Crippen LogP contribution >= 0.6 is 0 Å². The Bertz CT molecular complexity index is 604. The number of likely N-dealkylation sites (tertiary alicyclic amines) is 1. The summed E-state index contributed by atoms with van der Waals surface area (Å²) in [6.45, 7) is 3.97. The Hall–Kier alpha value is -2.04. The van der Waals surface area contributed by atoms with Crippen LogP contribution in [0.3, 0.4) is 0 Å². The summed E-state index contributed by atoms with van der Waals surface area (Å²) in [6, 6.07) is 8.12. The zero-order valence-electron chi connectivity index (χ0n) is 13.5. The number of likely N-dealkylation sites (N-methyl/N-ethyl adjacent to an activating group) is 1. The molecule has 0 aromatic heterocycles. The van der Waals surface area contributed by atoms with Crippen LogP contribution in [-0.2, 0) is 10.2 Å². The number of amides is 3. The first-order valence-corrected chi connectivity index (χ1v) is 7.89. The maximum absolute atomic E-state index is 13.0. The molecule has 1 spiro atoms. The second-order valence-electron chi connectivity index (χ2n) is 6.31. The van der Waals surface area contributed by atoms with Gasteiger partial charge in [0.25, 0.3) is 0 Å². The van der Waals surface area contributed by atoms with Crippen molar-refractivity contribution in [2.45, 2.75) is 25.2 Å². The Morgan fingerprint density at radius 3 is 2.45 bits per heavy atom. The zero-order valence-corrected chi connectivity index (χ0v) is 13.5. The minimum Gasteiger partial charge on any atom is -0.331 e. The summed E-state index contributed by atoms with van der Waals surface area (Å²) in [5.41, 5.74) is 1.75. The molecule has 2 aliphatic rings. The van der Waals surface area contributed by atoms with Crippen LogP contribution < -0.4 is 4.90 Å². The van der Waals surface area contributed by atoms with E-state index in [2.05, 4.69) is 6.07 Å². The lowest BCUT2D eigenvalue weighted by Crippen LogP contribution is -2.52. The van der Waals surface area contributed by atoms with E-state index in [0.717, 1.165) is 11.3 Å². The fraction of sp³-hybridized carbons (Fsp3) is 0.529.